The SMILES string of the molecule is CCN(C)C=Nc1cc(C)c(C(=O)c2ccccc2)cc1C.OCl. The largest absolute Gasteiger partial charge is 0.366 e. The van der Waals surface area contributed by atoms with Crippen LogP contribution in [0.2, 0.25) is 0 Å². The minimum atomic E-state index is 0.0578. The Morgan fingerprint density at radius 2 is 1.79 bits per heavy atom. The van der Waals surface area contributed by atoms with E-state index in [2.05, 4.69) is 23.8 Å². The maximum Gasteiger partial charge on any atom is 0.193 e. The molecule has 128 valence electrons. The molecule has 0 amide bonds. The summed E-state index contributed by atoms with van der Waals surface area (Å²) in [6.45, 7) is 6.93. The van der Waals surface area contributed by atoms with Crippen molar-refractivity contribution in [3.8, 4) is 0 Å². The number of benzene rings is 2. The first-order valence-corrected chi connectivity index (χ1v) is 7.99. The van der Waals surface area contributed by atoms with E-state index in [1.807, 2.05) is 74.6 Å². The summed E-state index contributed by atoms with van der Waals surface area (Å²) >= 11 is 3.64. The maximum absolute atomic E-state index is 12.6. The normalized spacial score (nSPS) is 10.2. The summed E-state index contributed by atoms with van der Waals surface area (Å²) in [6, 6.07) is 13.3. The maximum atomic E-state index is 12.6. The summed E-state index contributed by atoms with van der Waals surface area (Å²) in [7, 11) is 1.99. The lowest BCUT2D eigenvalue weighted by atomic mass is 9.96. The average Bonchev–Trinajstić information content (AvgIpc) is 2.63. The quantitative estimate of drug-likeness (QED) is 0.499. The van der Waals surface area contributed by atoms with Crippen molar-refractivity contribution in [2.45, 2.75) is 20.8 Å². The molecule has 0 aliphatic heterocycles. The van der Waals surface area contributed by atoms with Crippen molar-refractivity contribution in [3.05, 3.63) is 64.7 Å². The van der Waals surface area contributed by atoms with Crippen LogP contribution in [-0.4, -0.2) is 35.3 Å². The van der Waals surface area contributed by atoms with Crippen molar-refractivity contribution in [2.24, 2.45) is 4.99 Å². The van der Waals surface area contributed by atoms with Gasteiger partial charge in [0.05, 0.1) is 23.9 Å². The van der Waals surface area contributed by atoms with Gasteiger partial charge in [0.2, 0.25) is 0 Å². The zero-order valence-corrected chi connectivity index (χ0v) is 15.2. The van der Waals surface area contributed by atoms with E-state index in [-0.39, 0.29) is 5.78 Å². The molecule has 0 aliphatic rings. The van der Waals surface area contributed by atoms with Gasteiger partial charge >= 0.3 is 0 Å². The molecule has 0 saturated carbocycles. The predicted octanol–water partition coefficient (Wildman–Crippen LogP) is 4.28. The smallest absolute Gasteiger partial charge is 0.193 e. The van der Waals surface area contributed by atoms with E-state index < -0.39 is 0 Å². The number of hydrogen-bond donors (Lipinski definition) is 1. The molecule has 0 aromatic heterocycles. The van der Waals surface area contributed by atoms with Crippen LogP contribution in [0.3, 0.4) is 0 Å². The van der Waals surface area contributed by atoms with Crippen LogP contribution in [0.5, 0.6) is 0 Å². The topological polar surface area (TPSA) is 52.9 Å². The van der Waals surface area contributed by atoms with Crippen molar-refractivity contribution in [2.75, 3.05) is 13.6 Å². The second-order valence-electron chi connectivity index (χ2n) is 5.47. The van der Waals surface area contributed by atoms with Crippen LogP contribution in [0.4, 0.5) is 5.69 Å². The highest BCUT2D eigenvalue weighted by Gasteiger charge is 2.13. The highest BCUT2D eigenvalue weighted by Crippen LogP contribution is 2.25. The van der Waals surface area contributed by atoms with Gasteiger partial charge in [0.15, 0.2) is 5.78 Å². The van der Waals surface area contributed by atoms with Crippen LogP contribution >= 0.6 is 11.9 Å². The van der Waals surface area contributed by atoms with Crippen LogP contribution in [0, 0.1) is 13.8 Å². The molecule has 24 heavy (non-hydrogen) atoms. The number of halogens is 1. The van der Waals surface area contributed by atoms with Gasteiger partial charge in [0, 0.05) is 24.7 Å². The van der Waals surface area contributed by atoms with Crippen molar-refractivity contribution in [3.63, 3.8) is 0 Å². The van der Waals surface area contributed by atoms with Crippen LogP contribution in [0.15, 0.2) is 47.5 Å². The molecule has 2 aromatic carbocycles. The zero-order valence-electron chi connectivity index (χ0n) is 14.5. The number of carbonyl (C=O) groups excluding carboxylic acids is 1. The first-order valence-electron chi connectivity index (χ1n) is 7.65. The minimum Gasteiger partial charge on any atom is -0.366 e. The third-order valence-corrected chi connectivity index (χ3v) is 3.72. The molecular weight excluding hydrogens is 324 g/mol. The molecule has 0 unspecified atom stereocenters. The number of carbonyl (C=O) groups is 1. The Morgan fingerprint density at radius 1 is 1.17 bits per heavy atom. The Kier molecular flexibility index (Phi) is 8.16. The van der Waals surface area contributed by atoms with Crippen LogP contribution in [0.25, 0.3) is 0 Å². The van der Waals surface area contributed by atoms with E-state index in [4.69, 9.17) is 4.66 Å². The lowest BCUT2D eigenvalue weighted by molar-refractivity contribution is 0.103. The number of nitrogens with zero attached hydrogens (tertiary/aromatic N) is 2. The average molecular weight is 347 g/mol. The van der Waals surface area contributed by atoms with E-state index in [0.717, 1.165) is 28.9 Å². The summed E-state index contributed by atoms with van der Waals surface area (Å²) < 4.78 is 6.47. The van der Waals surface area contributed by atoms with E-state index in [1.165, 1.54) is 0 Å². The number of aryl methyl sites for hydroxylation is 2. The molecular formula is C19H23ClN2O2. The van der Waals surface area contributed by atoms with Gasteiger partial charge in [-0.2, -0.15) is 0 Å². The van der Waals surface area contributed by atoms with Gasteiger partial charge in [-0.1, -0.05) is 30.3 Å². The molecule has 4 nitrogen and oxygen atoms in total. The Labute approximate surface area is 148 Å². The van der Waals surface area contributed by atoms with Gasteiger partial charge in [-0.05, 0) is 44.0 Å². The first kappa shape index (κ1) is 19.9. The fraction of sp³-hybridized carbons (Fsp3) is 0.263. The third-order valence-electron chi connectivity index (χ3n) is 3.72. The van der Waals surface area contributed by atoms with Gasteiger partial charge in [0.25, 0.3) is 0 Å². The van der Waals surface area contributed by atoms with E-state index in [1.54, 1.807) is 0 Å². The van der Waals surface area contributed by atoms with Crippen LogP contribution in [0.1, 0.15) is 34.0 Å². The summed E-state index contributed by atoms with van der Waals surface area (Å²) in [4.78, 5) is 19.1. The molecule has 0 heterocycles. The summed E-state index contributed by atoms with van der Waals surface area (Å²) in [5.41, 5.74) is 4.32. The monoisotopic (exact) mass is 346 g/mol. The zero-order chi connectivity index (χ0) is 18.1. The Morgan fingerprint density at radius 3 is 2.38 bits per heavy atom. The molecule has 0 bridgehead atoms. The molecule has 0 atom stereocenters. The number of hydrogen-bond acceptors (Lipinski definition) is 3. The molecule has 0 fully saturated rings. The fourth-order valence-electron chi connectivity index (χ4n) is 2.17. The van der Waals surface area contributed by atoms with Gasteiger partial charge < -0.3 is 4.90 Å². The highest BCUT2D eigenvalue weighted by atomic mass is 35.5. The summed E-state index contributed by atoms with van der Waals surface area (Å²) in [5.74, 6) is 0.0578. The molecule has 0 aliphatic carbocycles. The van der Waals surface area contributed by atoms with Gasteiger partial charge in [0.1, 0.15) is 0 Å². The van der Waals surface area contributed by atoms with Gasteiger partial charge in [-0.25, -0.2) is 4.99 Å². The fourth-order valence-corrected chi connectivity index (χ4v) is 2.17. The van der Waals surface area contributed by atoms with Crippen LogP contribution in [-0.2, 0) is 0 Å². The second kappa shape index (κ2) is 9.85. The van der Waals surface area contributed by atoms with Crippen molar-refractivity contribution in [1.82, 2.24) is 4.90 Å². The van der Waals surface area contributed by atoms with Crippen molar-refractivity contribution in [1.29, 1.82) is 0 Å². The molecule has 2 aromatic rings. The summed E-state index contributed by atoms with van der Waals surface area (Å²) in [5, 5.41) is 0. The van der Waals surface area contributed by atoms with E-state index in [9.17, 15) is 4.79 Å². The third kappa shape index (κ3) is 5.18. The number of ketones is 1. The molecule has 0 radical (unpaired) electrons. The lowest BCUT2D eigenvalue weighted by Crippen LogP contribution is -2.14. The lowest BCUT2D eigenvalue weighted by Gasteiger charge is -2.11. The molecule has 0 saturated heterocycles. The number of aliphatic imine (C=N–C) groups is 1. The Hall–Kier alpha value is -2.17. The Balaban J connectivity index is 0.00000139. The van der Waals surface area contributed by atoms with Crippen LogP contribution < -0.4 is 0 Å². The van der Waals surface area contributed by atoms with E-state index >= 15 is 0 Å². The molecule has 2 rings (SSSR count). The van der Waals surface area contributed by atoms with Crippen molar-refractivity contribution < 1.29 is 9.45 Å². The van der Waals surface area contributed by atoms with Gasteiger partial charge in [-0.15, -0.1) is 0 Å². The highest BCUT2D eigenvalue weighted by molar-refractivity contribution is 6.10. The Bertz CT molecular complexity index is 700. The van der Waals surface area contributed by atoms with Crippen molar-refractivity contribution >= 4 is 29.7 Å². The predicted molar refractivity (Wildman–Crippen MR) is 100 cm³/mol. The summed E-state index contributed by atoms with van der Waals surface area (Å²) in [6.07, 6.45) is 1.82. The molecule has 1 N–H and O–H groups in total. The van der Waals surface area contributed by atoms with E-state index in [0.29, 0.717) is 5.56 Å². The second-order valence-corrected chi connectivity index (χ2v) is 5.47. The standard InChI is InChI=1S/C19H22N2O.ClHO/c1-5-21(4)13-20-18-12-14(2)17(11-15(18)3)19(22)16-9-7-6-8-10-16;1-2/h6-13H,5H2,1-4H3;2H. The van der Waals surface area contributed by atoms with Gasteiger partial charge in [-0.3, -0.25) is 9.45 Å². The first-order chi connectivity index (χ1) is 11.5. The number of rotatable bonds is 5. The molecule has 0 spiro atoms. The minimum absolute atomic E-state index is 0.0578. The molecule has 5 heteroatoms.